The molecule has 3 N–H and O–H groups in total. The Balaban J connectivity index is 1.14. The third-order valence-electron chi connectivity index (χ3n) is 9.02. The Kier molecular flexibility index (Phi) is 16.5. The van der Waals surface area contributed by atoms with E-state index in [-0.39, 0.29) is 48.7 Å². The van der Waals surface area contributed by atoms with E-state index in [1.54, 1.807) is 24.3 Å². The zero-order valence-corrected chi connectivity index (χ0v) is 33.5. The molecule has 0 saturated heterocycles. The maximum Gasteiger partial charge on any atom is 0.358 e. The van der Waals surface area contributed by atoms with Gasteiger partial charge in [0.2, 0.25) is 17.7 Å². The Bertz CT molecular complexity index is 2130. The molecular formula is C45H45BrN4O8. The van der Waals surface area contributed by atoms with Gasteiger partial charge in [0.1, 0.15) is 29.9 Å². The molecule has 4 aromatic carbocycles. The minimum atomic E-state index is -1.20. The number of nitrogens with zero attached hydrogens (tertiary/aromatic N) is 2. The summed E-state index contributed by atoms with van der Waals surface area (Å²) < 4.78 is 18.0. The lowest BCUT2D eigenvalue weighted by Crippen LogP contribution is -2.52. The third kappa shape index (κ3) is 13.7. The maximum absolute atomic E-state index is 13.9. The number of carboxylic acid groups (broad SMARTS) is 1. The second kappa shape index (κ2) is 22.4. The van der Waals surface area contributed by atoms with E-state index >= 15 is 0 Å². The molecule has 0 aliphatic heterocycles. The van der Waals surface area contributed by atoms with Gasteiger partial charge in [-0.25, -0.2) is 4.79 Å². The zero-order chi connectivity index (χ0) is 41.1. The number of benzene rings is 4. The summed E-state index contributed by atoms with van der Waals surface area (Å²) in [5, 5.41) is 18.7. The number of amides is 3. The maximum atomic E-state index is 13.9. The van der Waals surface area contributed by atoms with Gasteiger partial charge in [0.05, 0.1) is 0 Å². The van der Waals surface area contributed by atoms with Crippen molar-refractivity contribution in [3.63, 3.8) is 0 Å². The average molecular weight is 850 g/mol. The predicted octanol–water partition coefficient (Wildman–Crippen LogP) is 8.17. The molecule has 0 aliphatic rings. The van der Waals surface area contributed by atoms with Crippen molar-refractivity contribution in [2.24, 2.45) is 0 Å². The SMILES string of the molecule is C#CCCCC(=O)N(Cc1ccc(Br)cc1)C(COc1ccc(-c2cc(C(=O)O)no2)cc1)C(=O)NCCCCCC(=O)NCc1ccc(Oc2ccccc2)cc1. The van der Waals surface area contributed by atoms with Gasteiger partial charge in [-0.15, -0.1) is 12.3 Å². The Morgan fingerprint density at radius 2 is 1.50 bits per heavy atom. The van der Waals surface area contributed by atoms with Crippen LogP contribution >= 0.6 is 15.9 Å². The minimum absolute atomic E-state index is 0.0586. The molecule has 1 unspecified atom stereocenters. The number of unbranched alkanes of at least 4 members (excludes halogenated alkanes) is 3. The summed E-state index contributed by atoms with van der Waals surface area (Å²) in [5.41, 5.74) is 2.16. The van der Waals surface area contributed by atoms with Gasteiger partial charge >= 0.3 is 5.97 Å². The first-order chi connectivity index (χ1) is 28.2. The van der Waals surface area contributed by atoms with Gasteiger partial charge in [-0.05, 0) is 91.1 Å². The van der Waals surface area contributed by atoms with Crippen LogP contribution < -0.4 is 20.1 Å². The van der Waals surface area contributed by atoms with E-state index in [1.807, 2.05) is 78.9 Å². The first-order valence-electron chi connectivity index (χ1n) is 19.0. The predicted molar refractivity (Wildman–Crippen MR) is 222 cm³/mol. The van der Waals surface area contributed by atoms with Gasteiger partial charge < -0.3 is 34.6 Å². The molecule has 5 aromatic rings. The Morgan fingerprint density at radius 1 is 0.810 bits per heavy atom. The summed E-state index contributed by atoms with van der Waals surface area (Å²) in [5.74, 6) is 2.86. The highest BCUT2D eigenvalue weighted by atomic mass is 79.9. The zero-order valence-electron chi connectivity index (χ0n) is 31.9. The van der Waals surface area contributed by atoms with Crippen molar-refractivity contribution in [1.82, 2.24) is 20.7 Å². The first kappa shape index (κ1) is 42.7. The summed E-state index contributed by atoms with van der Waals surface area (Å²) >= 11 is 3.45. The van der Waals surface area contributed by atoms with Crippen molar-refractivity contribution in [2.45, 2.75) is 64.1 Å². The molecule has 300 valence electrons. The monoisotopic (exact) mass is 848 g/mol. The third-order valence-corrected chi connectivity index (χ3v) is 9.55. The number of carboxylic acids is 1. The number of rotatable bonds is 22. The summed E-state index contributed by atoms with van der Waals surface area (Å²) in [6.07, 6.45) is 8.84. The van der Waals surface area contributed by atoms with Crippen molar-refractivity contribution < 1.29 is 38.3 Å². The second-order valence-electron chi connectivity index (χ2n) is 13.4. The van der Waals surface area contributed by atoms with E-state index in [9.17, 15) is 24.3 Å². The largest absolute Gasteiger partial charge is 0.491 e. The number of aromatic nitrogens is 1. The van der Waals surface area contributed by atoms with Crippen LogP contribution in [-0.4, -0.2) is 58.0 Å². The number of ether oxygens (including phenoxy) is 2. The van der Waals surface area contributed by atoms with E-state index in [0.29, 0.717) is 68.7 Å². The molecule has 5 rings (SSSR count). The molecular weight excluding hydrogens is 804 g/mol. The van der Waals surface area contributed by atoms with Crippen LogP contribution in [0.25, 0.3) is 11.3 Å². The molecule has 58 heavy (non-hydrogen) atoms. The summed E-state index contributed by atoms with van der Waals surface area (Å²) in [4.78, 5) is 52.9. The van der Waals surface area contributed by atoms with Crippen LogP contribution in [0, 0.1) is 12.3 Å². The number of terminal acetylenes is 1. The smallest absolute Gasteiger partial charge is 0.358 e. The lowest BCUT2D eigenvalue weighted by Gasteiger charge is -2.31. The lowest BCUT2D eigenvalue weighted by atomic mass is 10.1. The normalized spacial score (nSPS) is 11.2. The molecule has 13 heteroatoms. The van der Waals surface area contributed by atoms with Crippen molar-refractivity contribution in [3.05, 3.63) is 130 Å². The fraction of sp³-hybridized carbons (Fsp3) is 0.267. The standard InChI is InChI=1S/C45H45BrN4O8/c1-2-3-6-14-43(52)50(30-33-15-21-35(46)22-16-33)40(31-56-36-25-19-34(20-26-36)41-28-39(45(54)55)49-58-41)44(53)47-27-10-5-9-13-42(51)48-29-32-17-23-38(24-18-32)57-37-11-7-4-8-12-37/h1,4,7-8,11-12,15-26,28,40H,3,5-6,9-10,13-14,27,29-31H2,(H,47,53)(H,48,51)(H,54,55). The first-order valence-corrected chi connectivity index (χ1v) is 19.7. The Labute approximate surface area is 346 Å². The number of hydrogen-bond acceptors (Lipinski definition) is 8. The molecule has 0 fully saturated rings. The van der Waals surface area contributed by atoms with Gasteiger partial charge in [0.25, 0.3) is 0 Å². The summed E-state index contributed by atoms with van der Waals surface area (Å²) in [6, 6.07) is 31.6. The molecule has 0 saturated carbocycles. The second-order valence-corrected chi connectivity index (χ2v) is 14.3. The van der Waals surface area contributed by atoms with Crippen LogP contribution in [0.15, 0.2) is 118 Å². The van der Waals surface area contributed by atoms with E-state index in [1.165, 1.54) is 11.0 Å². The fourth-order valence-electron chi connectivity index (χ4n) is 5.86. The fourth-order valence-corrected chi connectivity index (χ4v) is 6.12. The Hall–Kier alpha value is -6.39. The number of nitrogens with one attached hydrogen (secondary N) is 2. The van der Waals surface area contributed by atoms with Gasteiger partial charge in [0.15, 0.2) is 11.5 Å². The van der Waals surface area contributed by atoms with Crippen molar-refractivity contribution in [2.75, 3.05) is 13.2 Å². The van der Waals surface area contributed by atoms with Crippen molar-refractivity contribution >= 4 is 39.6 Å². The topological polar surface area (TPSA) is 160 Å². The molecule has 12 nitrogen and oxygen atoms in total. The van der Waals surface area contributed by atoms with Gasteiger partial charge in [-0.3, -0.25) is 14.4 Å². The average Bonchev–Trinajstić information content (AvgIpc) is 3.74. The number of aromatic carboxylic acids is 1. The minimum Gasteiger partial charge on any atom is -0.491 e. The van der Waals surface area contributed by atoms with E-state index in [4.69, 9.17) is 20.4 Å². The van der Waals surface area contributed by atoms with E-state index in [0.717, 1.165) is 21.3 Å². The number of halogens is 1. The van der Waals surface area contributed by atoms with Crippen LogP contribution in [0.1, 0.15) is 66.6 Å². The highest BCUT2D eigenvalue weighted by Crippen LogP contribution is 2.25. The number of carbonyl (C=O) groups is 4. The van der Waals surface area contributed by atoms with Crippen LogP contribution in [0.2, 0.25) is 0 Å². The molecule has 0 spiro atoms. The van der Waals surface area contributed by atoms with Crippen molar-refractivity contribution in [3.8, 4) is 40.9 Å². The van der Waals surface area contributed by atoms with Crippen LogP contribution in [0.5, 0.6) is 17.2 Å². The molecule has 1 heterocycles. The van der Waals surface area contributed by atoms with Gasteiger partial charge in [-0.2, -0.15) is 0 Å². The number of carbonyl (C=O) groups excluding carboxylic acids is 3. The molecule has 0 radical (unpaired) electrons. The molecule has 0 bridgehead atoms. The number of para-hydroxylation sites is 1. The molecule has 0 aliphatic carbocycles. The molecule has 1 aromatic heterocycles. The lowest BCUT2D eigenvalue weighted by molar-refractivity contribution is -0.142. The van der Waals surface area contributed by atoms with Gasteiger partial charge in [0, 0.05) is 55.0 Å². The van der Waals surface area contributed by atoms with Crippen LogP contribution in [0.3, 0.4) is 0 Å². The number of hydrogen-bond donors (Lipinski definition) is 3. The van der Waals surface area contributed by atoms with Crippen LogP contribution in [0.4, 0.5) is 0 Å². The molecule has 1 atom stereocenters. The summed E-state index contributed by atoms with van der Waals surface area (Å²) in [7, 11) is 0. The van der Waals surface area contributed by atoms with E-state index in [2.05, 4.69) is 37.6 Å². The molecule has 3 amide bonds. The highest BCUT2D eigenvalue weighted by molar-refractivity contribution is 9.10. The van der Waals surface area contributed by atoms with Crippen LogP contribution in [-0.2, 0) is 27.5 Å². The van der Waals surface area contributed by atoms with Gasteiger partial charge in [-0.1, -0.05) is 70.0 Å². The highest BCUT2D eigenvalue weighted by Gasteiger charge is 2.30. The summed E-state index contributed by atoms with van der Waals surface area (Å²) in [6.45, 7) is 0.773. The van der Waals surface area contributed by atoms with E-state index < -0.39 is 12.0 Å². The van der Waals surface area contributed by atoms with Crippen molar-refractivity contribution in [1.29, 1.82) is 0 Å². The Morgan fingerprint density at radius 3 is 2.19 bits per heavy atom. The quantitative estimate of drug-likeness (QED) is 0.0461.